The van der Waals surface area contributed by atoms with Gasteiger partial charge in [0.15, 0.2) is 11.5 Å². The van der Waals surface area contributed by atoms with Crippen LogP contribution >= 0.6 is 0 Å². The van der Waals surface area contributed by atoms with Gasteiger partial charge in [0.25, 0.3) is 5.91 Å². The maximum absolute atomic E-state index is 13.9. The average molecular weight is 569 g/mol. The van der Waals surface area contributed by atoms with E-state index in [4.69, 9.17) is 10.1 Å². The van der Waals surface area contributed by atoms with Crippen molar-refractivity contribution >= 4 is 23.8 Å². The molecule has 7 rings (SSSR count). The number of nitrogens with zero attached hydrogens (tertiary/aromatic N) is 7. The van der Waals surface area contributed by atoms with Gasteiger partial charge in [0.05, 0.1) is 17.6 Å². The van der Waals surface area contributed by atoms with Crippen LogP contribution in [-0.2, 0) is 4.79 Å². The molecule has 4 aromatic heterocycles. The summed E-state index contributed by atoms with van der Waals surface area (Å²) in [6, 6.07) is 12.6. The van der Waals surface area contributed by atoms with Crippen molar-refractivity contribution < 1.29 is 18.4 Å². The smallest absolute Gasteiger partial charge is 0.257 e. The van der Waals surface area contributed by atoms with Crippen LogP contribution in [0.2, 0.25) is 0 Å². The van der Waals surface area contributed by atoms with Gasteiger partial charge in [0.1, 0.15) is 17.3 Å². The molecule has 212 valence electrons. The molecule has 1 aromatic carbocycles. The summed E-state index contributed by atoms with van der Waals surface area (Å²) in [4.78, 5) is 38.9. The molecule has 0 spiro atoms. The number of nitrogens with one attached hydrogen (secondary N) is 1. The first-order chi connectivity index (χ1) is 20.5. The number of carbonyl (C=O) groups excluding carboxylic acids is 2. The quantitative estimate of drug-likeness (QED) is 0.222. The van der Waals surface area contributed by atoms with Crippen LogP contribution in [0.3, 0.4) is 0 Å². The van der Waals surface area contributed by atoms with Gasteiger partial charge in [0.2, 0.25) is 12.4 Å². The van der Waals surface area contributed by atoms with Gasteiger partial charge in [-0.2, -0.15) is 9.49 Å². The molecular weight excluding hydrogens is 542 g/mol. The SMILES string of the molecule is O=CN1CCC(n2c(C3CC3)nc(-c3ccc(F)cc3)c2-c2ccc3nc(NC(=O)c4ccnc(F)c4)cn3n2)CC1. The van der Waals surface area contributed by atoms with Gasteiger partial charge in [-0.05, 0) is 68.1 Å². The van der Waals surface area contributed by atoms with E-state index in [2.05, 4.69) is 19.9 Å². The highest BCUT2D eigenvalue weighted by Crippen LogP contribution is 2.46. The van der Waals surface area contributed by atoms with E-state index in [1.807, 2.05) is 12.1 Å². The topological polar surface area (TPSA) is 110 Å². The molecule has 12 heteroatoms. The maximum Gasteiger partial charge on any atom is 0.257 e. The van der Waals surface area contributed by atoms with Crippen molar-refractivity contribution in [3.63, 3.8) is 0 Å². The van der Waals surface area contributed by atoms with E-state index in [0.29, 0.717) is 30.3 Å². The third-order valence-electron chi connectivity index (χ3n) is 7.80. The van der Waals surface area contributed by atoms with Crippen LogP contribution in [0.25, 0.3) is 28.3 Å². The number of pyridine rings is 1. The summed E-state index contributed by atoms with van der Waals surface area (Å²) < 4.78 is 31.2. The fourth-order valence-corrected chi connectivity index (χ4v) is 5.55. The Morgan fingerprint density at radius 2 is 1.76 bits per heavy atom. The van der Waals surface area contributed by atoms with E-state index < -0.39 is 11.9 Å². The van der Waals surface area contributed by atoms with Crippen molar-refractivity contribution in [3.05, 3.63) is 84.1 Å². The molecule has 42 heavy (non-hydrogen) atoms. The molecular formula is C30H26F2N8O2. The first kappa shape index (κ1) is 25.9. The molecule has 5 heterocycles. The van der Waals surface area contributed by atoms with Crippen LogP contribution in [0.15, 0.2) is 60.9 Å². The van der Waals surface area contributed by atoms with Gasteiger partial charge in [-0.15, -0.1) is 0 Å². The Hall–Kier alpha value is -5.00. The van der Waals surface area contributed by atoms with E-state index in [0.717, 1.165) is 60.9 Å². The van der Waals surface area contributed by atoms with E-state index in [-0.39, 0.29) is 23.2 Å². The highest BCUT2D eigenvalue weighted by atomic mass is 19.1. The van der Waals surface area contributed by atoms with Crippen molar-refractivity contribution in [2.24, 2.45) is 0 Å². The number of benzene rings is 1. The lowest BCUT2D eigenvalue weighted by Crippen LogP contribution is -2.34. The summed E-state index contributed by atoms with van der Waals surface area (Å²) in [5.74, 6) is -0.0236. The number of anilines is 1. The Bertz CT molecular complexity index is 1800. The number of fused-ring (bicyclic) bond motifs is 1. The number of hydrogen-bond acceptors (Lipinski definition) is 6. The summed E-state index contributed by atoms with van der Waals surface area (Å²) in [5.41, 5.74) is 3.59. The lowest BCUT2D eigenvalue weighted by Gasteiger charge is -2.32. The van der Waals surface area contributed by atoms with E-state index in [9.17, 15) is 18.4 Å². The van der Waals surface area contributed by atoms with Gasteiger partial charge < -0.3 is 14.8 Å². The van der Waals surface area contributed by atoms with Gasteiger partial charge in [-0.3, -0.25) is 9.59 Å². The van der Waals surface area contributed by atoms with Gasteiger partial charge in [-0.1, -0.05) is 0 Å². The zero-order valence-electron chi connectivity index (χ0n) is 22.5. The second-order valence-electron chi connectivity index (χ2n) is 10.7. The second-order valence-corrected chi connectivity index (χ2v) is 10.7. The Balaban J connectivity index is 1.31. The number of carbonyl (C=O) groups is 2. The van der Waals surface area contributed by atoms with Crippen molar-refractivity contribution in [2.45, 2.75) is 37.6 Å². The van der Waals surface area contributed by atoms with Crippen LogP contribution in [0, 0.1) is 11.8 Å². The molecule has 1 N–H and O–H groups in total. The largest absolute Gasteiger partial charge is 0.345 e. The molecule has 0 radical (unpaired) electrons. The minimum absolute atomic E-state index is 0.115. The van der Waals surface area contributed by atoms with E-state index in [1.165, 1.54) is 24.4 Å². The lowest BCUT2D eigenvalue weighted by atomic mass is 10.0. The van der Waals surface area contributed by atoms with Crippen molar-refractivity contribution in [1.29, 1.82) is 0 Å². The molecule has 5 aromatic rings. The number of amides is 2. The maximum atomic E-state index is 13.9. The molecule has 10 nitrogen and oxygen atoms in total. The second kappa shape index (κ2) is 10.4. The van der Waals surface area contributed by atoms with Crippen molar-refractivity contribution in [3.8, 4) is 22.6 Å². The Morgan fingerprint density at radius 3 is 2.48 bits per heavy atom. The fourth-order valence-electron chi connectivity index (χ4n) is 5.55. The number of piperidine rings is 1. The van der Waals surface area contributed by atoms with Gasteiger partial charge in [0, 0.05) is 48.4 Å². The minimum atomic E-state index is -0.750. The van der Waals surface area contributed by atoms with Crippen LogP contribution in [-0.4, -0.2) is 59.4 Å². The molecule has 0 bridgehead atoms. The summed E-state index contributed by atoms with van der Waals surface area (Å²) in [6.45, 7) is 1.31. The van der Waals surface area contributed by atoms with Gasteiger partial charge in [-0.25, -0.2) is 23.9 Å². The molecule has 1 saturated carbocycles. The monoisotopic (exact) mass is 568 g/mol. The fraction of sp³-hybridized carbons (Fsp3) is 0.267. The summed E-state index contributed by atoms with van der Waals surface area (Å²) in [5, 5.41) is 7.56. The Kier molecular flexibility index (Phi) is 6.45. The number of likely N-dealkylation sites (tertiary alicyclic amines) is 1. The predicted octanol–water partition coefficient (Wildman–Crippen LogP) is 4.86. The van der Waals surface area contributed by atoms with E-state index >= 15 is 0 Å². The first-order valence-corrected chi connectivity index (χ1v) is 13.8. The summed E-state index contributed by atoms with van der Waals surface area (Å²) in [6.07, 6.45) is 7.37. The minimum Gasteiger partial charge on any atom is -0.345 e. The zero-order valence-corrected chi connectivity index (χ0v) is 22.5. The normalized spacial score (nSPS) is 15.7. The highest BCUT2D eigenvalue weighted by molar-refractivity contribution is 6.03. The lowest BCUT2D eigenvalue weighted by molar-refractivity contribution is -0.119. The van der Waals surface area contributed by atoms with Crippen LogP contribution in [0.5, 0.6) is 0 Å². The van der Waals surface area contributed by atoms with Crippen molar-refractivity contribution in [1.82, 2.24) is 34.0 Å². The highest BCUT2D eigenvalue weighted by Gasteiger charge is 2.36. The number of aromatic nitrogens is 6. The first-order valence-electron chi connectivity index (χ1n) is 13.8. The molecule has 2 amide bonds. The number of hydrogen-bond donors (Lipinski definition) is 1. The number of imidazole rings is 2. The van der Waals surface area contributed by atoms with Crippen LogP contribution in [0.1, 0.15) is 53.8 Å². The van der Waals surface area contributed by atoms with E-state index in [1.54, 1.807) is 27.7 Å². The predicted molar refractivity (Wildman–Crippen MR) is 150 cm³/mol. The Morgan fingerprint density at radius 1 is 0.976 bits per heavy atom. The summed E-state index contributed by atoms with van der Waals surface area (Å²) in [7, 11) is 0. The third-order valence-corrected chi connectivity index (χ3v) is 7.80. The standard InChI is InChI=1S/C30H26F2N8O2/c31-21-5-3-18(4-6-21)27-28(40(29(36-27)19-1-2-19)22-10-13-38(17-41)14-11-22)23-7-8-26-34-25(16-39(26)37-23)35-30(42)20-9-12-33-24(32)15-20/h3-9,12,15-17,19,22H,1-2,10-11,13-14H2,(H,35,42). The third kappa shape index (κ3) is 4.89. The zero-order chi connectivity index (χ0) is 28.8. The van der Waals surface area contributed by atoms with Crippen LogP contribution < -0.4 is 5.32 Å². The molecule has 0 atom stereocenters. The molecule has 0 unspecified atom stereocenters. The molecule has 1 aliphatic heterocycles. The van der Waals surface area contributed by atoms with Crippen molar-refractivity contribution in [2.75, 3.05) is 18.4 Å². The number of rotatable bonds is 7. The number of halogens is 2. The average Bonchev–Trinajstić information content (AvgIpc) is 3.66. The Labute approximate surface area is 239 Å². The molecule has 1 aliphatic carbocycles. The molecule has 1 saturated heterocycles. The van der Waals surface area contributed by atoms with Gasteiger partial charge >= 0.3 is 0 Å². The van der Waals surface area contributed by atoms with Crippen LogP contribution in [0.4, 0.5) is 14.6 Å². The molecule has 2 aliphatic rings. The molecule has 2 fully saturated rings. The summed E-state index contributed by atoms with van der Waals surface area (Å²) >= 11 is 0.